The molecule has 0 aliphatic carbocycles. The van der Waals surface area contributed by atoms with Crippen molar-refractivity contribution in [2.24, 2.45) is 0 Å². The Morgan fingerprint density at radius 2 is 2.11 bits per heavy atom. The third-order valence-electron chi connectivity index (χ3n) is 4.42. The van der Waals surface area contributed by atoms with Gasteiger partial charge in [0.2, 0.25) is 5.91 Å². The molecule has 4 rings (SSSR count). The van der Waals surface area contributed by atoms with Gasteiger partial charge in [-0.1, -0.05) is 41.7 Å². The van der Waals surface area contributed by atoms with Crippen molar-refractivity contribution in [2.75, 3.05) is 30.9 Å². The second-order valence-corrected chi connectivity index (χ2v) is 9.21. The Morgan fingerprint density at radius 3 is 2.89 bits per heavy atom. The lowest BCUT2D eigenvalue weighted by molar-refractivity contribution is -0.113. The van der Waals surface area contributed by atoms with E-state index in [9.17, 15) is 4.79 Å². The Kier molecular flexibility index (Phi) is 5.68. The molecule has 0 spiro atoms. The van der Waals surface area contributed by atoms with Gasteiger partial charge >= 0.3 is 0 Å². The van der Waals surface area contributed by atoms with E-state index in [1.807, 2.05) is 36.6 Å². The molecule has 2 aromatic heterocycles. The van der Waals surface area contributed by atoms with Crippen molar-refractivity contribution in [1.82, 2.24) is 14.9 Å². The number of thioether (sulfide) groups is 2. The molecule has 8 heteroatoms. The van der Waals surface area contributed by atoms with Crippen LogP contribution >= 0.6 is 34.9 Å². The first-order valence-electron chi connectivity index (χ1n) is 8.66. The van der Waals surface area contributed by atoms with Crippen LogP contribution in [0.3, 0.4) is 0 Å². The summed E-state index contributed by atoms with van der Waals surface area (Å²) < 4.78 is 0. The van der Waals surface area contributed by atoms with Crippen LogP contribution in [-0.2, 0) is 17.8 Å². The number of para-hydroxylation sites is 1. The minimum atomic E-state index is -0.0208. The van der Waals surface area contributed by atoms with Crippen LogP contribution in [0.15, 0.2) is 40.5 Å². The van der Waals surface area contributed by atoms with Crippen molar-refractivity contribution in [3.63, 3.8) is 0 Å². The van der Waals surface area contributed by atoms with E-state index >= 15 is 0 Å². The molecule has 1 aromatic carbocycles. The van der Waals surface area contributed by atoms with Gasteiger partial charge in [0.25, 0.3) is 0 Å². The van der Waals surface area contributed by atoms with Crippen LogP contribution in [0, 0.1) is 0 Å². The SMILES string of the molecule is CSc1nc(SCC(=O)Nc2ccccc2)c2c3c(sc2n1)CN(C)CC3. The van der Waals surface area contributed by atoms with Crippen molar-refractivity contribution in [2.45, 2.75) is 23.1 Å². The summed E-state index contributed by atoms with van der Waals surface area (Å²) in [5.41, 5.74) is 2.18. The molecule has 0 saturated heterocycles. The maximum absolute atomic E-state index is 12.4. The summed E-state index contributed by atoms with van der Waals surface area (Å²) in [5, 5.41) is 5.78. The van der Waals surface area contributed by atoms with E-state index in [2.05, 4.69) is 17.3 Å². The van der Waals surface area contributed by atoms with Gasteiger partial charge in [0.05, 0.1) is 5.75 Å². The quantitative estimate of drug-likeness (QED) is 0.383. The second-order valence-electron chi connectivity index (χ2n) is 6.39. The number of nitrogens with zero attached hydrogens (tertiary/aromatic N) is 3. The third-order valence-corrected chi connectivity index (χ3v) is 7.05. The number of fused-ring (bicyclic) bond motifs is 3. The molecule has 1 aliphatic heterocycles. The van der Waals surface area contributed by atoms with Gasteiger partial charge in [0.1, 0.15) is 9.86 Å². The Bertz CT molecular complexity index is 974. The lowest BCUT2D eigenvalue weighted by Crippen LogP contribution is -2.25. The van der Waals surface area contributed by atoms with Gasteiger partial charge in [0, 0.05) is 29.0 Å². The number of carbonyl (C=O) groups excluding carboxylic acids is 1. The first kappa shape index (κ1) is 18.7. The molecule has 3 heterocycles. The zero-order valence-electron chi connectivity index (χ0n) is 15.2. The van der Waals surface area contributed by atoms with Crippen LogP contribution in [0.1, 0.15) is 10.4 Å². The summed E-state index contributed by atoms with van der Waals surface area (Å²) in [4.78, 5) is 26.6. The standard InChI is InChI=1S/C19H20N4OS3/c1-23-9-8-13-14(10-23)27-18-16(13)17(21-19(22-18)25-2)26-11-15(24)20-12-6-4-3-5-7-12/h3-7H,8-11H2,1-2H3,(H,20,24). The number of nitrogens with one attached hydrogen (secondary N) is 1. The van der Waals surface area contributed by atoms with Gasteiger partial charge < -0.3 is 10.2 Å². The van der Waals surface area contributed by atoms with Crippen molar-refractivity contribution in [1.29, 1.82) is 0 Å². The molecule has 140 valence electrons. The van der Waals surface area contributed by atoms with Crippen molar-refractivity contribution < 1.29 is 4.79 Å². The number of benzene rings is 1. The first-order chi connectivity index (χ1) is 13.1. The molecule has 27 heavy (non-hydrogen) atoms. The van der Waals surface area contributed by atoms with Crippen LogP contribution in [0.2, 0.25) is 0 Å². The van der Waals surface area contributed by atoms with E-state index in [1.54, 1.807) is 23.1 Å². The summed E-state index contributed by atoms with van der Waals surface area (Å²) in [5.74, 6) is 0.312. The Morgan fingerprint density at radius 1 is 1.30 bits per heavy atom. The highest BCUT2D eigenvalue weighted by atomic mass is 32.2. The van der Waals surface area contributed by atoms with Gasteiger partial charge in [0.15, 0.2) is 5.16 Å². The van der Waals surface area contributed by atoms with Gasteiger partial charge in [-0.05, 0) is 37.4 Å². The summed E-state index contributed by atoms with van der Waals surface area (Å²) in [6.07, 6.45) is 3.00. The summed E-state index contributed by atoms with van der Waals surface area (Å²) in [6, 6.07) is 9.54. The lowest BCUT2D eigenvalue weighted by atomic mass is 10.1. The molecule has 1 N–H and O–H groups in total. The zero-order chi connectivity index (χ0) is 18.8. The Labute approximate surface area is 171 Å². The smallest absolute Gasteiger partial charge is 0.234 e. The summed E-state index contributed by atoms with van der Waals surface area (Å²) in [7, 11) is 2.15. The van der Waals surface area contributed by atoms with Gasteiger partial charge in [-0.25, -0.2) is 9.97 Å². The first-order valence-corrected chi connectivity index (χ1v) is 11.7. The number of hydrogen-bond acceptors (Lipinski definition) is 7. The average Bonchev–Trinajstić information content (AvgIpc) is 3.04. The molecule has 0 fully saturated rings. The van der Waals surface area contributed by atoms with E-state index in [0.717, 1.165) is 45.6 Å². The number of rotatable bonds is 5. The maximum atomic E-state index is 12.4. The third kappa shape index (κ3) is 4.13. The van der Waals surface area contributed by atoms with E-state index in [4.69, 9.17) is 9.97 Å². The van der Waals surface area contributed by atoms with Crippen LogP contribution < -0.4 is 5.32 Å². The second kappa shape index (κ2) is 8.18. The van der Waals surface area contributed by atoms with Crippen molar-refractivity contribution in [3.05, 3.63) is 40.8 Å². The number of aromatic nitrogens is 2. The molecule has 1 aliphatic rings. The molecule has 0 atom stereocenters. The Balaban J connectivity index is 1.59. The molecule has 5 nitrogen and oxygen atoms in total. The highest BCUT2D eigenvalue weighted by molar-refractivity contribution is 8.00. The van der Waals surface area contributed by atoms with E-state index in [0.29, 0.717) is 5.75 Å². The number of amides is 1. The van der Waals surface area contributed by atoms with Crippen LogP contribution in [0.4, 0.5) is 5.69 Å². The van der Waals surface area contributed by atoms with Crippen LogP contribution in [-0.4, -0.2) is 46.4 Å². The Hall–Kier alpha value is -1.61. The van der Waals surface area contributed by atoms with Gasteiger partial charge in [-0.2, -0.15) is 0 Å². The van der Waals surface area contributed by atoms with Crippen molar-refractivity contribution in [3.8, 4) is 0 Å². The van der Waals surface area contributed by atoms with E-state index in [1.165, 1.54) is 22.2 Å². The fraction of sp³-hybridized carbons (Fsp3) is 0.316. The van der Waals surface area contributed by atoms with Crippen molar-refractivity contribution >= 4 is 56.7 Å². The number of hydrogen-bond donors (Lipinski definition) is 1. The minimum Gasteiger partial charge on any atom is -0.325 e. The molecule has 1 amide bonds. The predicted octanol–water partition coefficient (Wildman–Crippen LogP) is 4.13. The number of thiophene rings is 1. The summed E-state index contributed by atoms with van der Waals surface area (Å²) in [6.45, 7) is 2.01. The number of anilines is 1. The zero-order valence-corrected chi connectivity index (χ0v) is 17.6. The number of likely N-dealkylation sites (N-methyl/N-ethyl adjacent to an activating group) is 1. The van der Waals surface area contributed by atoms with E-state index in [-0.39, 0.29) is 5.91 Å². The lowest BCUT2D eigenvalue weighted by Gasteiger charge is -2.22. The average molecular weight is 417 g/mol. The molecule has 0 radical (unpaired) electrons. The molecule has 0 bridgehead atoms. The molecule has 3 aromatic rings. The topological polar surface area (TPSA) is 58.1 Å². The fourth-order valence-electron chi connectivity index (χ4n) is 3.12. The maximum Gasteiger partial charge on any atom is 0.234 e. The molecular weight excluding hydrogens is 396 g/mol. The monoisotopic (exact) mass is 416 g/mol. The molecular formula is C19H20N4OS3. The highest BCUT2D eigenvalue weighted by Gasteiger charge is 2.23. The molecule has 0 unspecified atom stereocenters. The minimum absolute atomic E-state index is 0.0208. The largest absolute Gasteiger partial charge is 0.325 e. The van der Waals surface area contributed by atoms with Crippen LogP contribution in [0.25, 0.3) is 10.2 Å². The predicted molar refractivity (Wildman–Crippen MR) is 115 cm³/mol. The molecule has 0 saturated carbocycles. The number of carbonyl (C=O) groups is 1. The van der Waals surface area contributed by atoms with E-state index < -0.39 is 0 Å². The van der Waals surface area contributed by atoms with Gasteiger partial charge in [-0.15, -0.1) is 11.3 Å². The fourth-order valence-corrected chi connectivity index (χ4v) is 5.82. The van der Waals surface area contributed by atoms with Gasteiger partial charge in [-0.3, -0.25) is 4.79 Å². The summed E-state index contributed by atoms with van der Waals surface area (Å²) >= 11 is 4.81. The highest BCUT2D eigenvalue weighted by Crippen LogP contribution is 2.39. The van der Waals surface area contributed by atoms with Crippen LogP contribution in [0.5, 0.6) is 0 Å². The normalized spacial score (nSPS) is 14.3.